The Bertz CT molecular complexity index is 1550. The van der Waals surface area contributed by atoms with Gasteiger partial charge in [-0.25, -0.2) is 13.8 Å². The first kappa shape index (κ1) is 36.4. The van der Waals surface area contributed by atoms with Crippen LogP contribution in [-0.4, -0.2) is 51.3 Å². The maximum atomic E-state index is 14.5. The first-order valence-electron chi connectivity index (χ1n) is 14.6. The van der Waals surface area contributed by atoms with Crippen LogP contribution in [0.2, 0.25) is 0 Å². The first-order valence-corrected chi connectivity index (χ1v) is 15.5. The zero-order valence-electron chi connectivity index (χ0n) is 25.1. The second-order valence-corrected chi connectivity index (χ2v) is 12.5. The maximum Gasteiger partial charge on any atom is 0.243 e. The molecule has 6 nitrogen and oxygen atoms in total. The van der Waals surface area contributed by atoms with Gasteiger partial charge in [0.2, 0.25) is 5.91 Å². The van der Waals surface area contributed by atoms with E-state index in [1.54, 1.807) is 6.07 Å². The molecule has 0 saturated carbocycles. The number of hydrogen-bond acceptors (Lipinski definition) is 5. The molecule has 0 aliphatic carbocycles. The summed E-state index contributed by atoms with van der Waals surface area (Å²) < 4.78 is 28.3. The molecule has 0 spiro atoms. The zero-order valence-corrected chi connectivity index (χ0v) is 27.6. The van der Waals surface area contributed by atoms with Crippen LogP contribution in [-0.2, 0) is 16.8 Å². The van der Waals surface area contributed by atoms with Crippen LogP contribution in [0.4, 0.5) is 13.9 Å². The molecule has 4 N–H and O–H groups in total. The van der Waals surface area contributed by atoms with Gasteiger partial charge in [0.15, 0.2) is 16.8 Å². The van der Waals surface area contributed by atoms with Gasteiger partial charge in [-0.05, 0) is 54.5 Å². The topological polar surface area (TPSA) is 94.0 Å². The second-order valence-electron chi connectivity index (χ2n) is 11.6. The van der Waals surface area contributed by atoms with Crippen LogP contribution >= 0.6 is 36.2 Å². The van der Waals surface area contributed by atoms with Gasteiger partial charge >= 0.3 is 0 Å². The number of nitrogen functional groups attached to an aromatic ring is 1. The number of amides is 1. The minimum absolute atomic E-state index is 0. The monoisotopic (exact) mass is 676 g/mol. The number of nitrogens with two attached hydrogens (primary N) is 1. The highest BCUT2D eigenvalue weighted by molar-refractivity contribution is 7.13. The molecule has 242 valence electrons. The van der Waals surface area contributed by atoms with Gasteiger partial charge in [0.05, 0.1) is 5.69 Å². The molecule has 4 aromatic rings. The van der Waals surface area contributed by atoms with Crippen molar-refractivity contribution >= 4 is 47.2 Å². The number of halogens is 4. The number of hydrogen-bond donors (Lipinski definition) is 1. The average Bonchev–Trinajstić information content (AvgIpc) is 3.47. The fraction of sp³-hybridized carbons (Fsp3) is 0.353. The summed E-state index contributed by atoms with van der Waals surface area (Å²) >= 11 is 1.46. The molecule has 2 aliphatic heterocycles. The van der Waals surface area contributed by atoms with Gasteiger partial charge in [-0.1, -0.05) is 73.7 Å². The number of nitrogens with zero attached hydrogens (tertiary/aromatic N) is 3. The largest absolute Gasteiger partial charge is 0.412 e. The number of likely N-dealkylation sites (tertiary alicyclic amines) is 2. The summed E-state index contributed by atoms with van der Waals surface area (Å²) in [6, 6.07) is 24.6. The minimum Gasteiger partial charge on any atom is -0.412 e. The number of rotatable bonds is 7. The van der Waals surface area contributed by atoms with Crippen LogP contribution in [0.5, 0.6) is 0 Å². The van der Waals surface area contributed by atoms with Crippen LogP contribution < -0.4 is 5.73 Å². The Morgan fingerprint density at radius 1 is 0.956 bits per heavy atom. The Morgan fingerprint density at radius 3 is 2.18 bits per heavy atom. The summed E-state index contributed by atoms with van der Waals surface area (Å²) in [6.45, 7) is 4.42. The number of anilines is 1. The van der Waals surface area contributed by atoms with Crippen LogP contribution in [0.15, 0.2) is 84.2 Å². The standard InChI is InChI=1S/C34H36F2N4OS.2ClH.H2O/c1-2-34(40-17-15-33(16-18-40,27-11-7-4-8-12-27)30-23-42-32(37)38-30)20-26(25-13-14-28(35)29(36)19-25)22-39(31(34)41)21-24-9-5-3-6-10-24;;;/h3-14,19,23,26H,2,15-18,20-22H2,1H3,(H2,37,38);2*1H;1H2. The quantitative estimate of drug-likeness (QED) is 0.234. The molecule has 2 aliphatic rings. The van der Waals surface area contributed by atoms with Gasteiger partial charge in [-0.15, -0.1) is 36.2 Å². The molecule has 1 amide bonds. The van der Waals surface area contributed by atoms with E-state index < -0.39 is 17.2 Å². The lowest BCUT2D eigenvalue weighted by molar-refractivity contribution is -0.153. The molecular formula is C34H40Cl2F2N4O2S. The van der Waals surface area contributed by atoms with Crippen LogP contribution in [0.25, 0.3) is 0 Å². The summed E-state index contributed by atoms with van der Waals surface area (Å²) in [5.74, 6) is -1.72. The fourth-order valence-electron chi connectivity index (χ4n) is 7.19. The van der Waals surface area contributed by atoms with Crippen LogP contribution in [0.1, 0.15) is 60.9 Å². The Hall–Kier alpha value is -3.08. The number of piperidine rings is 2. The van der Waals surface area contributed by atoms with Crippen LogP contribution in [0, 0.1) is 11.6 Å². The molecule has 2 saturated heterocycles. The van der Waals surface area contributed by atoms with E-state index in [-0.39, 0.29) is 47.5 Å². The van der Waals surface area contributed by atoms with Gasteiger partial charge < -0.3 is 16.1 Å². The average molecular weight is 678 g/mol. The highest BCUT2D eigenvalue weighted by Crippen LogP contribution is 2.47. The molecule has 11 heteroatoms. The number of thiazole rings is 1. The van der Waals surface area contributed by atoms with Gasteiger partial charge in [0.25, 0.3) is 0 Å². The molecule has 1 aromatic heterocycles. The van der Waals surface area contributed by atoms with Crippen molar-refractivity contribution in [1.29, 1.82) is 0 Å². The molecule has 45 heavy (non-hydrogen) atoms. The van der Waals surface area contributed by atoms with Crippen molar-refractivity contribution in [2.45, 2.75) is 56.0 Å². The van der Waals surface area contributed by atoms with Crippen molar-refractivity contribution in [3.63, 3.8) is 0 Å². The normalized spacial score (nSPS) is 21.3. The number of benzene rings is 3. The third-order valence-corrected chi connectivity index (χ3v) is 10.2. The molecular weight excluding hydrogens is 637 g/mol. The number of aromatic nitrogens is 1. The number of carbonyl (C=O) groups excluding carboxylic acids is 1. The molecule has 6 rings (SSSR count). The summed E-state index contributed by atoms with van der Waals surface area (Å²) in [5.41, 5.74) is 9.02. The molecule has 3 heterocycles. The lowest BCUT2D eigenvalue weighted by Gasteiger charge is -2.54. The zero-order chi connectivity index (χ0) is 29.3. The summed E-state index contributed by atoms with van der Waals surface area (Å²) in [5, 5.41) is 2.63. The van der Waals surface area contributed by atoms with E-state index in [1.165, 1.54) is 29.0 Å². The van der Waals surface area contributed by atoms with Crippen molar-refractivity contribution in [1.82, 2.24) is 14.8 Å². The maximum absolute atomic E-state index is 14.5. The van der Waals surface area contributed by atoms with E-state index in [1.807, 2.05) is 41.3 Å². The van der Waals surface area contributed by atoms with E-state index >= 15 is 0 Å². The van der Waals surface area contributed by atoms with Gasteiger partial charge in [0, 0.05) is 42.9 Å². The van der Waals surface area contributed by atoms with Gasteiger partial charge in [-0.3, -0.25) is 9.69 Å². The third-order valence-electron chi connectivity index (χ3n) is 9.49. The van der Waals surface area contributed by atoms with Gasteiger partial charge in [-0.2, -0.15) is 0 Å². The lowest BCUT2D eigenvalue weighted by atomic mass is 9.68. The molecule has 3 aromatic carbocycles. The van der Waals surface area contributed by atoms with E-state index in [0.717, 1.165) is 29.7 Å². The van der Waals surface area contributed by atoms with E-state index in [9.17, 15) is 13.6 Å². The highest BCUT2D eigenvalue weighted by Gasteiger charge is 2.53. The summed E-state index contributed by atoms with van der Waals surface area (Å²) in [4.78, 5) is 23.5. The highest BCUT2D eigenvalue weighted by atomic mass is 35.5. The number of carbonyl (C=O) groups is 1. The predicted molar refractivity (Wildman–Crippen MR) is 181 cm³/mol. The van der Waals surface area contributed by atoms with Gasteiger partial charge in [0.1, 0.15) is 5.54 Å². The van der Waals surface area contributed by atoms with Crippen molar-refractivity contribution < 1.29 is 19.1 Å². The molecule has 0 radical (unpaired) electrons. The minimum atomic E-state index is -0.857. The van der Waals surface area contributed by atoms with Crippen molar-refractivity contribution in [2.24, 2.45) is 0 Å². The molecule has 2 atom stereocenters. The lowest BCUT2D eigenvalue weighted by Crippen LogP contribution is -2.65. The summed E-state index contributed by atoms with van der Waals surface area (Å²) in [7, 11) is 0. The molecule has 2 fully saturated rings. The fourth-order valence-corrected chi connectivity index (χ4v) is 7.85. The van der Waals surface area contributed by atoms with E-state index in [4.69, 9.17) is 10.7 Å². The molecule has 2 unspecified atom stereocenters. The predicted octanol–water partition coefficient (Wildman–Crippen LogP) is 6.77. The Balaban J connectivity index is 0.00000184. The Morgan fingerprint density at radius 2 is 1.60 bits per heavy atom. The van der Waals surface area contributed by atoms with E-state index in [0.29, 0.717) is 44.2 Å². The Kier molecular flexibility index (Phi) is 12.1. The second kappa shape index (κ2) is 15.0. The van der Waals surface area contributed by atoms with Crippen molar-refractivity contribution in [2.75, 3.05) is 25.4 Å². The Labute approximate surface area is 279 Å². The van der Waals surface area contributed by atoms with Crippen molar-refractivity contribution in [3.8, 4) is 0 Å². The van der Waals surface area contributed by atoms with E-state index in [2.05, 4.69) is 41.5 Å². The van der Waals surface area contributed by atoms with Crippen molar-refractivity contribution in [3.05, 3.63) is 118 Å². The SMILES string of the molecule is CCC1(N2CCC(c3ccccc3)(c3csc(N)n3)CC2)CC(c2ccc(F)c(F)c2)CN(Cc2ccccc2)C1=O.Cl.Cl.O. The molecule has 0 bridgehead atoms. The third kappa shape index (κ3) is 6.88. The summed E-state index contributed by atoms with van der Waals surface area (Å²) in [6.07, 6.45) is 2.77. The smallest absolute Gasteiger partial charge is 0.243 e. The first-order chi connectivity index (χ1) is 20.3. The van der Waals surface area contributed by atoms with Crippen LogP contribution in [0.3, 0.4) is 0 Å².